The smallest absolute Gasteiger partial charge is 0.355 e. The van der Waals surface area contributed by atoms with Gasteiger partial charge in [0.1, 0.15) is 11.0 Å². The van der Waals surface area contributed by atoms with Gasteiger partial charge in [0.25, 0.3) is 0 Å². The highest BCUT2D eigenvalue weighted by molar-refractivity contribution is 7.99. The van der Waals surface area contributed by atoms with Crippen molar-refractivity contribution in [2.75, 3.05) is 0 Å². The molecule has 92 valence electrons. The first-order valence-electron chi connectivity index (χ1n) is 4.89. The van der Waals surface area contributed by atoms with Crippen LogP contribution in [0.2, 0.25) is 5.15 Å². The second kappa shape index (κ2) is 5.37. The van der Waals surface area contributed by atoms with E-state index >= 15 is 0 Å². The highest BCUT2D eigenvalue weighted by atomic mass is 35.5. The van der Waals surface area contributed by atoms with Crippen molar-refractivity contribution < 1.29 is 14.3 Å². The third kappa shape index (κ3) is 3.00. The van der Waals surface area contributed by atoms with Gasteiger partial charge < -0.3 is 5.11 Å². The van der Waals surface area contributed by atoms with E-state index in [0.29, 0.717) is 4.90 Å². The summed E-state index contributed by atoms with van der Waals surface area (Å²) in [5.41, 5.74) is -0.114. The molecule has 1 heterocycles. The molecule has 2 rings (SSSR count). The van der Waals surface area contributed by atoms with Crippen molar-refractivity contribution >= 4 is 29.3 Å². The number of benzene rings is 1. The van der Waals surface area contributed by atoms with Crippen LogP contribution in [-0.4, -0.2) is 16.1 Å². The van der Waals surface area contributed by atoms with Crippen molar-refractivity contribution in [1.29, 1.82) is 0 Å². The van der Waals surface area contributed by atoms with Crippen molar-refractivity contribution in [3.8, 4) is 0 Å². The molecular formula is C12H7ClFNO2S. The van der Waals surface area contributed by atoms with Gasteiger partial charge in [0.05, 0.1) is 0 Å². The van der Waals surface area contributed by atoms with Crippen LogP contribution in [0.3, 0.4) is 0 Å². The Labute approximate surface area is 112 Å². The SMILES string of the molecule is O=C(O)c1nc(Cl)ccc1Sc1ccc(F)cc1. The molecule has 0 radical (unpaired) electrons. The molecular weight excluding hydrogens is 277 g/mol. The maximum absolute atomic E-state index is 12.8. The maximum Gasteiger partial charge on any atom is 0.355 e. The van der Waals surface area contributed by atoms with E-state index < -0.39 is 5.97 Å². The highest BCUT2D eigenvalue weighted by Gasteiger charge is 2.13. The Balaban J connectivity index is 2.34. The maximum atomic E-state index is 12.8. The quantitative estimate of drug-likeness (QED) is 0.872. The molecule has 2 aromatic rings. The zero-order valence-electron chi connectivity index (χ0n) is 8.93. The summed E-state index contributed by atoms with van der Waals surface area (Å²) in [6, 6.07) is 8.85. The molecule has 0 bridgehead atoms. The number of aromatic carboxylic acids is 1. The monoisotopic (exact) mass is 283 g/mol. The largest absolute Gasteiger partial charge is 0.476 e. The lowest BCUT2D eigenvalue weighted by Crippen LogP contribution is -2.02. The number of pyridine rings is 1. The number of carboxylic acids is 1. The van der Waals surface area contributed by atoms with Gasteiger partial charge in [-0.2, -0.15) is 0 Å². The van der Waals surface area contributed by atoms with Crippen LogP contribution in [0, 0.1) is 5.82 Å². The van der Waals surface area contributed by atoms with E-state index in [-0.39, 0.29) is 16.7 Å². The van der Waals surface area contributed by atoms with E-state index in [0.717, 1.165) is 4.90 Å². The summed E-state index contributed by atoms with van der Waals surface area (Å²) < 4.78 is 12.8. The summed E-state index contributed by atoms with van der Waals surface area (Å²) in [4.78, 5) is 16.0. The molecule has 1 aromatic carbocycles. The lowest BCUT2D eigenvalue weighted by atomic mass is 10.3. The van der Waals surface area contributed by atoms with Gasteiger partial charge >= 0.3 is 5.97 Å². The molecule has 0 aliphatic carbocycles. The van der Waals surface area contributed by atoms with Crippen LogP contribution >= 0.6 is 23.4 Å². The molecule has 1 N–H and O–H groups in total. The van der Waals surface area contributed by atoms with Crippen molar-refractivity contribution in [2.24, 2.45) is 0 Å². The van der Waals surface area contributed by atoms with Gasteiger partial charge in [0, 0.05) is 9.79 Å². The zero-order chi connectivity index (χ0) is 13.1. The van der Waals surface area contributed by atoms with Crippen LogP contribution in [0.15, 0.2) is 46.2 Å². The first-order valence-corrected chi connectivity index (χ1v) is 6.09. The van der Waals surface area contributed by atoms with Crippen LogP contribution in [0.25, 0.3) is 0 Å². The van der Waals surface area contributed by atoms with E-state index in [2.05, 4.69) is 4.98 Å². The molecule has 1 aromatic heterocycles. The minimum Gasteiger partial charge on any atom is -0.476 e. The third-order valence-corrected chi connectivity index (χ3v) is 3.34. The van der Waals surface area contributed by atoms with Crippen LogP contribution in [0.4, 0.5) is 4.39 Å². The first-order chi connectivity index (χ1) is 8.56. The van der Waals surface area contributed by atoms with Crippen molar-refractivity contribution in [1.82, 2.24) is 4.98 Å². The average molecular weight is 284 g/mol. The number of aromatic nitrogens is 1. The Kier molecular flexibility index (Phi) is 3.84. The number of nitrogens with zero attached hydrogens (tertiary/aromatic N) is 1. The topological polar surface area (TPSA) is 50.2 Å². The molecule has 0 saturated heterocycles. The van der Waals surface area contributed by atoms with Gasteiger partial charge in [0.15, 0.2) is 5.69 Å². The molecule has 0 aliphatic heterocycles. The van der Waals surface area contributed by atoms with Gasteiger partial charge in [-0.25, -0.2) is 14.2 Å². The second-order valence-corrected chi connectivity index (χ2v) is 4.84. The van der Waals surface area contributed by atoms with E-state index in [1.165, 1.54) is 30.0 Å². The predicted molar refractivity (Wildman–Crippen MR) is 66.7 cm³/mol. The summed E-state index contributed by atoms with van der Waals surface area (Å²) >= 11 is 6.84. The Morgan fingerprint density at radius 2 is 1.89 bits per heavy atom. The van der Waals surface area contributed by atoms with Gasteiger partial charge in [-0.05, 0) is 36.4 Å². The second-order valence-electron chi connectivity index (χ2n) is 3.34. The Morgan fingerprint density at radius 3 is 2.50 bits per heavy atom. The molecule has 3 nitrogen and oxygen atoms in total. The summed E-state index contributed by atoms with van der Waals surface area (Å²) in [5, 5.41) is 9.14. The van der Waals surface area contributed by atoms with Gasteiger partial charge in [-0.15, -0.1) is 0 Å². The molecule has 0 atom stereocenters. The number of hydrogen-bond acceptors (Lipinski definition) is 3. The average Bonchev–Trinajstić information content (AvgIpc) is 2.34. The van der Waals surface area contributed by atoms with Crippen LogP contribution in [0.1, 0.15) is 10.5 Å². The number of carboxylic acid groups (broad SMARTS) is 1. The number of hydrogen-bond donors (Lipinski definition) is 1. The number of rotatable bonds is 3. The summed E-state index contributed by atoms with van der Waals surface area (Å²) in [5.74, 6) is -1.49. The molecule has 0 amide bonds. The van der Waals surface area contributed by atoms with E-state index in [1.807, 2.05) is 0 Å². The minimum absolute atomic E-state index is 0.114. The molecule has 18 heavy (non-hydrogen) atoms. The van der Waals surface area contributed by atoms with E-state index in [9.17, 15) is 9.18 Å². The van der Waals surface area contributed by atoms with Crippen LogP contribution < -0.4 is 0 Å². The lowest BCUT2D eigenvalue weighted by Gasteiger charge is -2.05. The van der Waals surface area contributed by atoms with Crippen molar-refractivity contribution in [3.63, 3.8) is 0 Å². The molecule has 6 heteroatoms. The molecule has 0 aliphatic rings. The number of carbonyl (C=O) groups is 1. The van der Waals surface area contributed by atoms with Crippen molar-refractivity contribution in [3.05, 3.63) is 53.1 Å². The molecule has 0 saturated carbocycles. The normalized spacial score (nSPS) is 10.3. The third-order valence-electron chi connectivity index (χ3n) is 2.07. The zero-order valence-corrected chi connectivity index (χ0v) is 10.5. The predicted octanol–water partition coefficient (Wildman–Crippen LogP) is 3.72. The van der Waals surface area contributed by atoms with Gasteiger partial charge in [0.2, 0.25) is 0 Å². The fraction of sp³-hybridized carbons (Fsp3) is 0. The van der Waals surface area contributed by atoms with Crippen LogP contribution in [-0.2, 0) is 0 Å². The first kappa shape index (κ1) is 12.9. The van der Waals surface area contributed by atoms with Crippen molar-refractivity contribution in [2.45, 2.75) is 9.79 Å². The summed E-state index contributed by atoms with van der Waals surface area (Å²) in [6.07, 6.45) is 0. The van der Waals surface area contributed by atoms with Gasteiger partial charge in [-0.3, -0.25) is 0 Å². The Hall–Kier alpha value is -1.59. The Morgan fingerprint density at radius 1 is 1.22 bits per heavy atom. The van der Waals surface area contributed by atoms with Crippen LogP contribution in [0.5, 0.6) is 0 Å². The highest BCUT2D eigenvalue weighted by Crippen LogP contribution is 2.30. The molecule has 0 fully saturated rings. The molecule has 0 spiro atoms. The van der Waals surface area contributed by atoms with Gasteiger partial charge in [-0.1, -0.05) is 23.4 Å². The lowest BCUT2D eigenvalue weighted by molar-refractivity contribution is 0.0686. The molecule has 0 unspecified atom stereocenters. The standard InChI is InChI=1S/C12H7ClFNO2S/c13-10-6-5-9(11(15-10)12(16)17)18-8-3-1-7(14)2-4-8/h1-6H,(H,16,17). The Bertz CT molecular complexity index is 589. The summed E-state index contributed by atoms with van der Waals surface area (Å²) in [6.45, 7) is 0. The number of halogens is 2. The fourth-order valence-corrected chi connectivity index (χ4v) is 2.33. The fourth-order valence-electron chi connectivity index (χ4n) is 1.29. The summed E-state index contributed by atoms with van der Waals surface area (Å²) in [7, 11) is 0. The minimum atomic E-state index is -1.15. The van der Waals surface area contributed by atoms with E-state index in [1.54, 1.807) is 18.2 Å². The van der Waals surface area contributed by atoms with E-state index in [4.69, 9.17) is 16.7 Å².